The largest absolute Gasteiger partial charge is 0.366 e. The molecule has 0 aliphatic rings. The zero-order valence-corrected chi connectivity index (χ0v) is 13.4. The lowest BCUT2D eigenvalue weighted by molar-refractivity contribution is 0.396. The highest BCUT2D eigenvalue weighted by Crippen LogP contribution is 2.25. The normalized spacial score (nSPS) is 9.73. The second kappa shape index (κ2) is 8.07. The van der Waals surface area contributed by atoms with Crippen molar-refractivity contribution in [3.05, 3.63) is 95.9 Å². The lowest BCUT2D eigenvalue weighted by Crippen LogP contribution is -2.20. The van der Waals surface area contributed by atoms with Gasteiger partial charge >= 0.3 is 0 Å². The third kappa shape index (κ3) is 3.78. The van der Waals surface area contributed by atoms with E-state index in [-0.39, 0.29) is 0 Å². The van der Waals surface area contributed by atoms with E-state index < -0.39 is 0 Å². The summed E-state index contributed by atoms with van der Waals surface area (Å²) in [7, 11) is 0. The summed E-state index contributed by atoms with van der Waals surface area (Å²) in [5.41, 5.74) is 7.72. The van der Waals surface area contributed by atoms with Crippen molar-refractivity contribution in [1.82, 2.24) is 4.90 Å². The van der Waals surface area contributed by atoms with Crippen LogP contribution in [0.2, 0.25) is 0 Å². The molecule has 0 amide bonds. The molecule has 0 saturated heterocycles. The van der Waals surface area contributed by atoms with Gasteiger partial charge < -0.3 is 4.90 Å². The van der Waals surface area contributed by atoms with Gasteiger partial charge in [0.05, 0.1) is 5.70 Å². The van der Waals surface area contributed by atoms with Crippen LogP contribution in [0, 0.1) is 0 Å². The Balaban J connectivity index is 2.54. The molecule has 0 spiro atoms. The molecule has 0 radical (unpaired) electrons. The van der Waals surface area contributed by atoms with E-state index in [1.807, 2.05) is 12.1 Å². The van der Waals surface area contributed by atoms with Crippen LogP contribution < -0.4 is 0 Å². The van der Waals surface area contributed by atoms with Crippen molar-refractivity contribution in [3.8, 4) is 0 Å². The summed E-state index contributed by atoms with van der Waals surface area (Å²) in [5.74, 6) is 0. The highest BCUT2D eigenvalue weighted by Gasteiger charge is 2.08. The van der Waals surface area contributed by atoms with Crippen LogP contribution in [0.4, 0.5) is 0 Å². The van der Waals surface area contributed by atoms with Gasteiger partial charge in [0.1, 0.15) is 0 Å². The van der Waals surface area contributed by atoms with Crippen molar-refractivity contribution in [2.45, 2.75) is 13.8 Å². The zero-order chi connectivity index (χ0) is 15.8. The Morgan fingerprint density at radius 3 is 1.73 bits per heavy atom. The Hall–Kier alpha value is -2.50. The van der Waals surface area contributed by atoms with Crippen LogP contribution in [-0.2, 0) is 0 Å². The Bertz CT molecular complexity index is 616. The number of likely N-dealkylation sites (N-methyl/N-ethyl adjacent to an activating group) is 1. The topological polar surface area (TPSA) is 3.24 Å². The SMILES string of the molecule is C=C=C(C=C(c1ccccc1)c1ccccc1)N(CC)CC. The monoisotopic (exact) mass is 289 g/mol. The number of nitrogens with zero attached hydrogens (tertiary/aromatic N) is 1. The van der Waals surface area contributed by atoms with Gasteiger partial charge in [-0.25, -0.2) is 0 Å². The van der Waals surface area contributed by atoms with Crippen molar-refractivity contribution < 1.29 is 0 Å². The number of hydrogen-bond donors (Lipinski definition) is 0. The lowest BCUT2D eigenvalue weighted by Gasteiger charge is -2.21. The first-order chi connectivity index (χ1) is 10.8. The smallest absolute Gasteiger partial charge is 0.0799 e. The van der Waals surface area contributed by atoms with Crippen LogP contribution in [0.5, 0.6) is 0 Å². The standard InChI is InChI=1S/C21H23N/c1-4-20(22(5-2)6-3)17-21(18-13-9-7-10-14-18)19-15-11-8-12-16-19/h7-17H,1,5-6H2,2-3H3. The van der Waals surface area contributed by atoms with Crippen molar-refractivity contribution in [1.29, 1.82) is 0 Å². The minimum absolute atomic E-state index is 0.946. The van der Waals surface area contributed by atoms with Gasteiger partial charge in [0, 0.05) is 13.1 Å². The molecule has 0 atom stereocenters. The fourth-order valence-electron chi connectivity index (χ4n) is 2.52. The Labute approximate surface area is 133 Å². The molecule has 0 aromatic heterocycles. The molecule has 0 aliphatic carbocycles. The van der Waals surface area contributed by atoms with Crippen LogP contribution in [0.1, 0.15) is 25.0 Å². The number of allylic oxidation sites excluding steroid dienone is 1. The van der Waals surface area contributed by atoms with Gasteiger partial charge in [0.2, 0.25) is 0 Å². The Morgan fingerprint density at radius 2 is 1.36 bits per heavy atom. The predicted octanol–water partition coefficient (Wildman–Crippen LogP) is 5.13. The molecule has 0 unspecified atom stereocenters. The molecular weight excluding hydrogens is 266 g/mol. The molecule has 0 fully saturated rings. The first-order valence-electron chi connectivity index (χ1n) is 7.77. The van der Waals surface area contributed by atoms with E-state index >= 15 is 0 Å². The van der Waals surface area contributed by atoms with Gasteiger partial charge in [-0.05, 0) is 36.6 Å². The van der Waals surface area contributed by atoms with E-state index in [4.69, 9.17) is 0 Å². The molecular formula is C21H23N. The zero-order valence-electron chi connectivity index (χ0n) is 13.4. The average molecular weight is 289 g/mol. The molecule has 2 aromatic carbocycles. The molecule has 1 nitrogen and oxygen atoms in total. The minimum atomic E-state index is 0.946. The first kappa shape index (κ1) is 15.9. The second-order valence-corrected chi connectivity index (χ2v) is 5.02. The van der Waals surface area contributed by atoms with Gasteiger partial charge in [-0.3, -0.25) is 0 Å². The van der Waals surface area contributed by atoms with E-state index in [2.05, 4.69) is 85.7 Å². The minimum Gasteiger partial charge on any atom is -0.366 e. The van der Waals surface area contributed by atoms with Gasteiger partial charge in [-0.15, -0.1) is 5.73 Å². The van der Waals surface area contributed by atoms with E-state index in [1.54, 1.807) is 0 Å². The quantitative estimate of drug-likeness (QED) is 0.526. The molecule has 0 aliphatic heterocycles. The Kier molecular flexibility index (Phi) is 5.82. The van der Waals surface area contributed by atoms with Crippen molar-refractivity contribution in [2.24, 2.45) is 0 Å². The van der Waals surface area contributed by atoms with E-state index in [1.165, 1.54) is 16.7 Å². The Morgan fingerprint density at radius 1 is 0.909 bits per heavy atom. The fourth-order valence-corrected chi connectivity index (χ4v) is 2.52. The maximum absolute atomic E-state index is 3.87. The van der Waals surface area contributed by atoms with Gasteiger partial charge in [-0.2, -0.15) is 0 Å². The molecule has 0 bridgehead atoms. The molecule has 1 heteroatoms. The average Bonchev–Trinajstić information content (AvgIpc) is 2.60. The van der Waals surface area contributed by atoms with Crippen molar-refractivity contribution >= 4 is 5.57 Å². The summed E-state index contributed by atoms with van der Waals surface area (Å²) in [6.45, 7) is 10.1. The van der Waals surface area contributed by atoms with Crippen LogP contribution in [-0.4, -0.2) is 18.0 Å². The summed E-state index contributed by atoms with van der Waals surface area (Å²) in [6.07, 6.45) is 2.19. The fraction of sp³-hybridized carbons (Fsp3) is 0.190. The molecule has 112 valence electrons. The highest BCUT2D eigenvalue weighted by atomic mass is 15.1. The summed E-state index contributed by atoms with van der Waals surface area (Å²) < 4.78 is 0. The maximum atomic E-state index is 3.87. The molecule has 22 heavy (non-hydrogen) atoms. The van der Waals surface area contributed by atoms with Gasteiger partial charge in [0.25, 0.3) is 0 Å². The van der Waals surface area contributed by atoms with E-state index in [0.29, 0.717) is 0 Å². The van der Waals surface area contributed by atoms with E-state index in [9.17, 15) is 0 Å². The molecule has 0 saturated carbocycles. The first-order valence-corrected chi connectivity index (χ1v) is 7.77. The number of hydrogen-bond acceptors (Lipinski definition) is 1. The lowest BCUT2D eigenvalue weighted by atomic mass is 9.97. The van der Waals surface area contributed by atoms with Crippen molar-refractivity contribution in [2.75, 3.05) is 13.1 Å². The summed E-state index contributed by atoms with van der Waals surface area (Å²) in [5, 5.41) is 0. The number of rotatable bonds is 6. The van der Waals surface area contributed by atoms with Gasteiger partial charge in [0.15, 0.2) is 0 Å². The van der Waals surface area contributed by atoms with Crippen LogP contribution in [0.15, 0.2) is 84.7 Å². The van der Waals surface area contributed by atoms with E-state index in [0.717, 1.165) is 18.8 Å². The third-order valence-corrected chi connectivity index (χ3v) is 3.74. The highest BCUT2D eigenvalue weighted by molar-refractivity contribution is 5.81. The summed E-state index contributed by atoms with van der Waals surface area (Å²) in [6, 6.07) is 20.9. The van der Waals surface area contributed by atoms with Crippen LogP contribution in [0.25, 0.3) is 5.57 Å². The van der Waals surface area contributed by atoms with Crippen LogP contribution in [0.3, 0.4) is 0 Å². The number of benzene rings is 2. The second-order valence-electron chi connectivity index (χ2n) is 5.02. The molecule has 2 aromatic rings. The predicted molar refractivity (Wildman–Crippen MR) is 95.5 cm³/mol. The summed E-state index contributed by atoms with van der Waals surface area (Å²) in [4.78, 5) is 2.26. The van der Waals surface area contributed by atoms with Gasteiger partial charge in [-0.1, -0.05) is 67.2 Å². The summed E-state index contributed by atoms with van der Waals surface area (Å²) >= 11 is 0. The van der Waals surface area contributed by atoms with Crippen LogP contribution >= 0.6 is 0 Å². The molecule has 0 N–H and O–H groups in total. The third-order valence-electron chi connectivity index (χ3n) is 3.74. The van der Waals surface area contributed by atoms with Crippen molar-refractivity contribution in [3.63, 3.8) is 0 Å². The molecule has 2 rings (SSSR count). The maximum Gasteiger partial charge on any atom is 0.0799 e. The molecule has 0 heterocycles.